The van der Waals surface area contributed by atoms with Crippen LogP contribution in [0.15, 0.2) is 57.7 Å². The van der Waals surface area contributed by atoms with Gasteiger partial charge in [0.25, 0.3) is 0 Å². The van der Waals surface area contributed by atoms with Crippen molar-refractivity contribution in [3.05, 3.63) is 64.5 Å². The maximum atomic E-state index is 12.9. The minimum absolute atomic E-state index is 0.0867. The van der Waals surface area contributed by atoms with Crippen molar-refractivity contribution in [1.29, 1.82) is 0 Å². The summed E-state index contributed by atoms with van der Waals surface area (Å²) in [5, 5.41) is 2.70. The quantitative estimate of drug-likeness (QED) is 0.453. The van der Waals surface area contributed by atoms with Gasteiger partial charge in [0.15, 0.2) is 0 Å². The van der Waals surface area contributed by atoms with E-state index in [1.165, 1.54) is 25.1 Å². The fourth-order valence-corrected chi connectivity index (χ4v) is 2.80. The van der Waals surface area contributed by atoms with Crippen LogP contribution < -0.4 is 20.2 Å². The van der Waals surface area contributed by atoms with Gasteiger partial charge in [-0.3, -0.25) is 4.79 Å². The molecule has 1 atom stereocenters. The van der Waals surface area contributed by atoms with Gasteiger partial charge in [0.2, 0.25) is 11.2 Å². The van der Waals surface area contributed by atoms with Crippen molar-refractivity contribution in [3.8, 4) is 17.2 Å². The lowest BCUT2D eigenvalue weighted by Gasteiger charge is -2.21. The summed E-state index contributed by atoms with van der Waals surface area (Å²) in [7, 11) is 0. The third kappa shape index (κ3) is 5.66. The third-order valence-corrected chi connectivity index (χ3v) is 4.26. The van der Waals surface area contributed by atoms with E-state index in [0.717, 1.165) is 0 Å². The Morgan fingerprint density at radius 2 is 1.72 bits per heavy atom. The highest BCUT2D eigenvalue weighted by molar-refractivity contribution is 5.84. The van der Waals surface area contributed by atoms with Crippen molar-refractivity contribution in [2.24, 2.45) is 0 Å². The molecule has 8 nitrogen and oxygen atoms in total. The van der Waals surface area contributed by atoms with Crippen LogP contribution in [0.5, 0.6) is 17.2 Å². The van der Waals surface area contributed by atoms with Crippen molar-refractivity contribution in [1.82, 2.24) is 5.32 Å². The van der Waals surface area contributed by atoms with E-state index in [0.29, 0.717) is 5.75 Å². The fourth-order valence-electron chi connectivity index (χ4n) is 2.80. The number of carbonyl (C=O) groups excluding carboxylic acids is 2. The lowest BCUT2D eigenvalue weighted by Crippen LogP contribution is -2.43. The first kappa shape index (κ1) is 22.9. The van der Waals surface area contributed by atoms with Gasteiger partial charge in [-0.1, -0.05) is 18.2 Å². The molecule has 168 valence electrons. The van der Waals surface area contributed by atoms with E-state index in [9.17, 15) is 14.4 Å². The lowest BCUT2D eigenvalue weighted by atomic mass is 10.2. The van der Waals surface area contributed by atoms with Crippen molar-refractivity contribution >= 4 is 23.0 Å². The van der Waals surface area contributed by atoms with Gasteiger partial charge in [0.05, 0.1) is 5.39 Å². The van der Waals surface area contributed by atoms with Crippen LogP contribution in [0.25, 0.3) is 11.0 Å². The molecule has 8 heteroatoms. The Bertz CT molecular complexity index is 1190. The number of para-hydroxylation sites is 1. The number of fused-ring (bicyclic) bond motifs is 1. The van der Waals surface area contributed by atoms with Crippen LogP contribution in [0.3, 0.4) is 0 Å². The van der Waals surface area contributed by atoms with Crippen LogP contribution in [0.4, 0.5) is 4.79 Å². The summed E-state index contributed by atoms with van der Waals surface area (Å²) in [6.07, 6.45) is -0.729. The van der Waals surface area contributed by atoms with Gasteiger partial charge < -0.3 is 23.9 Å². The van der Waals surface area contributed by atoms with Crippen LogP contribution in [0, 0.1) is 6.92 Å². The molecular weight excluding hydrogens is 414 g/mol. The van der Waals surface area contributed by atoms with Crippen LogP contribution in [0.1, 0.15) is 33.5 Å². The molecule has 2 aromatic carbocycles. The number of esters is 1. The van der Waals surface area contributed by atoms with Gasteiger partial charge in [0, 0.05) is 6.07 Å². The fraction of sp³-hybridized carbons (Fsp3) is 0.292. The number of carbonyl (C=O) groups is 2. The third-order valence-electron chi connectivity index (χ3n) is 4.26. The highest BCUT2D eigenvalue weighted by Crippen LogP contribution is 2.27. The first-order chi connectivity index (χ1) is 15.0. The predicted octanol–water partition coefficient (Wildman–Crippen LogP) is 4.71. The summed E-state index contributed by atoms with van der Waals surface area (Å²) in [6.45, 7) is 8.25. The van der Waals surface area contributed by atoms with E-state index in [4.69, 9.17) is 18.6 Å². The SMILES string of the molecule is Cc1oc2cc(OC(=O)C(C)NC(=O)OC(C)(C)C)ccc2c(=O)c1Oc1ccccc1. The minimum atomic E-state index is -0.948. The topological polar surface area (TPSA) is 104 Å². The molecule has 32 heavy (non-hydrogen) atoms. The molecule has 0 aliphatic carbocycles. The molecule has 0 bridgehead atoms. The van der Waals surface area contributed by atoms with Gasteiger partial charge in [-0.25, -0.2) is 9.59 Å². The molecular formula is C24H25NO7. The lowest BCUT2D eigenvalue weighted by molar-refractivity contribution is -0.136. The Hall–Kier alpha value is -3.81. The van der Waals surface area contributed by atoms with Crippen LogP contribution in [0.2, 0.25) is 0 Å². The van der Waals surface area contributed by atoms with Gasteiger partial charge in [0.1, 0.15) is 34.5 Å². The zero-order valence-electron chi connectivity index (χ0n) is 18.6. The summed E-state index contributed by atoms with van der Waals surface area (Å²) in [4.78, 5) is 37.0. The van der Waals surface area contributed by atoms with Crippen molar-refractivity contribution in [3.63, 3.8) is 0 Å². The molecule has 0 aliphatic rings. The molecule has 3 rings (SSSR count). The van der Waals surface area contributed by atoms with Crippen molar-refractivity contribution in [2.45, 2.75) is 46.3 Å². The van der Waals surface area contributed by atoms with E-state index in [-0.39, 0.29) is 33.7 Å². The average Bonchev–Trinajstić information content (AvgIpc) is 2.70. The summed E-state index contributed by atoms with van der Waals surface area (Å²) in [6, 6.07) is 12.4. The zero-order valence-corrected chi connectivity index (χ0v) is 18.6. The monoisotopic (exact) mass is 439 g/mol. The number of hydrogen-bond donors (Lipinski definition) is 1. The number of aryl methyl sites for hydroxylation is 1. The number of nitrogens with one attached hydrogen (secondary N) is 1. The van der Waals surface area contributed by atoms with Gasteiger partial charge in [-0.05, 0) is 58.9 Å². The van der Waals surface area contributed by atoms with Crippen LogP contribution >= 0.6 is 0 Å². The number of amides is 1. The normalized spacial score (nSPS) is 12.2. The van der Waals surface area contributed by atoms with Crippen LogP contribution in [-0.2, 0) is 9.53 Å². The maximum Gasteiger partial charge on any atom is 0.408 e. The van der Waals surface area contributed by atoms with E-state index in [2.05, 4.69) is 5.32 Å². The number of rotatable bonds is 5. The van der Waals surface area contributed by atoms with Crippen molar-refractivity contribution < 1.29 is 28.2 Å². The van der Waals surface area contributed by atoms with Crippen LogP contribution in [-0.4, -0.2) is 23.7 Å². The van der Waals surface area contributed by atoms with Gasteiger partial charge in [-0.15, -0.1) is 0 Å². The predicted molar refractivity (Wildman–Crippen MR) is 118 cm³/mol. The van der Waals surface area contributed by atoms with Crippen molar-refractivity contribution in [2.75, 3.05) is 0 Å². The Morgan fingerprint density at radius 3 is 2.38 bits per heavy atom. The second kappa shape index (κ2) is 9.13. The summed E-state index contributed by atoms with van der Waals surface area (Å²) < 4.78 is 21.9. The number of ether oxygens (including phenoxy) is 3. The molecule has 1 unspecified atom stereocenters. The van der Waals surface area contributed by atoms with Gasteiger partial charge in [-0.2, -0.15) is 0 Å². The van der Waals surface area contributed by atoms with E-state index >= 15 is 0 Å². The summed E-state index contributed by atoms with van der Waals surface area (Å²) in [5.74, 6) is 0.357. The Labute approximate surface area is 185 Å². The second-order valence-corrected chi connectivity index (χ2v) is 8.18. The standard InChI is InChI=1S/C24H25NO7/c1-14(25-23(28)32-24(3,4)5)22(27)31-17-11-12-18-19(13-17)29-15(2)21(20(18)26)30-16-9-7-6-8-10-16/h6-14H,1-5H3,(H,25,28). The zero-order chi connectivity index (χ0) is 23.5. The second-order valence-electron chi connectivity index (χ2n) is 8.18. The average molecular weight is 439 g/mol. The highest BCUT2D eigenvalue weighted by atomic mass is 16.6. The molecule has 0 saturated carbocycles. The Kier molecular flexibility index (Phi) is 6.53. The van der Waals surface area contributed by atoms with E-state index < -0.39 is 23.7 Å². The molecule has 1 aromatic heterocycles. The smallest absolute Gasteiger partial charge is 0.408 e. The molecule has 0 radical (unpaired) electrons. The Morgan fingerprint density at radius 1 is 1.03 bits per heavy atom. The molecule has 0 aliphatic heterocycles. The number of alkyl carbamates (subject to hydrolysis) is 1. The molecule has 0 fully saturated rings. The maximum absolute atomic E-state index is 12.9. The number of benzene rings is 2. The Balaban J connectivity index is 1.77. The summed E-state index contributed by atoms with van der Waals surface area (Å²) >= 11 is 0. The first-order valence-corrected chi connectivity index (χ1v) is 10.0. The van der Waals surface area contributed by atoms with E-state index in [1.54, 1.807) is 52.0 Å². The highest BCUT2D eigenvalue weighted by Gasteiger charge is 2.23. The van der Waals surface area contributed by atoms with Gasteiger partial charge >= 0.3 is 12.1 Å². The minimum Gasteiger partial charge on any atom is -0.457 e. The molecule has 0 saturated heterocycles. The largest absolute Gasteiger partial charge is 0.457 e. The summed E-state index contributed by atoms with van der Waals surface area (Å²) in [5.41, 5.74) is -0.790. The molecule has 1 N–H and O–H groups in total. The first-order valence-electron chi connectivity index (χ1n) is 10.0. The van der Waals surface area contributed by atoms with E-state index in [1.807, 2.05) is 6.07 Å². The molecule has 1 heterocycles. The number of hydrogen-bond acceptors (Lipinski definition) is 7. The molecule has 1 amide bonds. The molecule has 0 spiro atoms. The molecule has 3 aromatic rings.